The summed E-state index contributed by atoms with van der Waals surface area (Å²) in [6.07, 6.45) is 1.27. The minimum absolute atomic E-state index is 0.0854. The predicted molar refractivity (Wildman–Crippen MR) is 77.6 cm³/mol. The molecule has 0 aliphatic heterocycles. The normalized spacial score (nSPS) is 11.9. The standard InChI is InChI=1S/C13H15BrClNO3/c1-8(3-2-4-12(17)18)16-13(19)10-7-9(15)5-6-11(10)14/h5-8H,2-4H2,1H3,(H,16,19)(H,17,18). The Hall–Kier alpha value is -1.07. The van der Waals surface area contributed by atoms with Gasteiger partial charge in [0.15, 0.2) is 0 Å². The molecule has 1 atom stereocenters. The summed E-state index contributed by atoms with van der Waals surface area (Å²) in [7, 11) is 0. The zero-order chi connectivity index (χ0) is 14.4. The Morgan fingerprint density at radius 2 is 2.16 bits per heavy atom. The van der Waals surface area contributed by atoms with Crippen molar-refractivity contribution in [2.45, 2.75) is 32.2 Å². The van der Waals surface area contributed by atoms with Gasteiger partial charge in [0.25, 0.3) is 5.91 Å². The average Bonchev–Trinajstić information content (AvgIpc) is 2.31. The third-order valence-electron chi connectivity index (χ3n) is 2.58. The van der Waals surface area contributed by atoms with Crippen LogP contribution in [-0.2, 0) is 4.79 Å². The van der Waals surface area contributed by atoms with E-state index in [4.69, 9.17) is 16.7 Å². The molecular weight excluding hydrogens is 334 g/mol. The molecule has 1 unspecified atom stereocenters. The molecule has 0 radical (unpaired) electrons. The highest BCUT2D eigenvalue weighted by molar-refractivity contribution is 9.10. The zero-order valence-electron chi connectivity index (χ0n) is 10.5. The Bertz CT molecular complexity index is 479. The maximum absolute atomic E-state index is 12.0. The number of hydrogen-bond donors (Lipinski definition) is 2. The van der Waals surface area contributed by atoms with Crippen LogP contribution in [0.4, 0.5) is 0 Å². The van der Waals surface area contributed by atoms with E-state index in [-0.39, 0.29) is 18.4 Å². The van der Waals surface area contributed by atoms with Crippen LogP contribution in [0.2, 0.25) is 5.02 Å². The highest BCUT2D eigenvalue weighted by atomic mass is 79.9. The lowest BCUT2D eigenvalue weighted by Crippen LogP contribution is -2.32. The molecule has 6 heteroatoms. The lowest BCUT2D eigenvalue weighted by atomic mass is 10.1. The molecule has 1 amide bonds. The van der Waals surface area contributed by atoms with Crippen LogP contribution in [0.1, 0.15) is 36.5 Å². The molecule has 2 N–H and O–H groups in total. The summed E-state index contributed by atoms with van der Waals surface area (Å²) >= 11 is 9.15. The van der Waals surface area contributed by atoms with Crippen molar-refractivity contribution in [3.05, 3.63) is 33.3 Å². The fourth-order valence-electron chi connectivity index (χ4n) is 1.60. The zero-order valence-corrected chi connectivity index (χ0v) is 12.8. The van der Waals surface area contributed by atoms with E-state index in [2.05, 4.69) is 21.2 Å². The first-order chi connectivity index (χ1) is 8.90. The molecule has 0 saturated heterocycles. The molecule has 19 heavy (non-hydrogen) atoms. The number of benzene rings is 1. The topological polar surface area (TPSA) is 66.4 Å². The smallest absolute Gasteiger partial charge is 0.303 e. The van der Waals surface area contributed by atoms with Crippen molar-refractivity contribution in [1.82, 2.24) is 5.32 Å². The highest BCUT2D eigenvalue weighted by Crippen LogP contribution is 2.21. The SMILES string of the molecule is CC(CCCC(=O)O)NC(=O)c1cc(Cl)ccc1Br. The van der Waals surface area contributed by atoms with E-state index in [0.29, 0.717) is 27.9 Å². The first-order valence-electron chi connectivity index (χ1n) is 5.88. The van der Waals surface area contributed by atoms with E-state index in [0.717, 1.165) is 0 Å². The van der Waals surface area contributed by atoms with Gasteiger partial charge in [0.1, 0.15) is 0 Å². The summed E-state index contributed by atoms with van der Waals surface area (Å²) in [5, 5.41) is 11.9. The number of carboxylic acid groups (broad SMARTS) is 1. The first kappa shape index (κ1) is 16.0. The first-order valence-corrected chi connectivity index (χ1v) is 7.05. The summed E-state index contributed by atoms with van der Waals surface area (Å²) in [5.74, 6) is -1.05. The second kappa shape index (κ2) is 7.50. The third-order valence-corrected chi connectivity index (χ3v) is 3.50. The van der Waals surface area contributed by atoms with Gasteiger partial charge in [-0.05, 0) is 53.9 Å². The number of carbonyl (C=O) groups is 2. The molecule has 0 spiro atoms. The monoisotopic (exact) mass is 347 g/mol. The summed E-state index contributed by atoms with van der Waals surface area (Å²) in [6, 6.07) is 4.91. The molecule has 0 saturated carbocycles. The molecule has 104 valence electrons. The largest absolute Gasteiger partial charge is 0.481 e. The van der Waals surface area contributed by atoms with Gasteiger partial charge in [-0.25, -0.2) is 0 Å². The Labute approximate surface area is 125 Å². The third kappa shape index (κ3) is 5.61. The minimum Gasteiger partial charge on any atom is -0.481 e. The van der Waals surface area contributed by atoms with Crippen molar-refractivity contribution < 1.29 is 14.7 Å². The van der Waals surface area contributed by atoms with Crippen molar-refractivity contribution in [2.24, 2.45) is 0 Å². The maximum atomic E-state index is 12.0. The Balaban J connectivity index is 2.54. The van der Waals surface area contributed by atoms with E-state index in [1.54, 1.807) is 18.2 Å². The van der Waals surface area contributed by atoms with Gasteiger partial charge in [0.2, 0.25) is 0 Å². The van der Waals surface area contributed by atoms with E-state index in [9.17, 15) is 9.59 Å². The molecule has 0 aliphatic carbocycles. The fourth-order valence-corrected chi connectivity index (χ4v) is 2.20. The lowest BCUT2D eigenvalue weighted by molar-refractivity contribution is -0.137. The summed E-state index contributed by atoms with van der Waals surface area (Å²) in [6.45, 7) is 1.85. The van der Waals surface area contributed by atoms with E-state index in [1.807, 2.05) is 6.92 Å². The summed E-state index contributed by atoms with van der Waals surface area (Å²) in [4.78, 5) is 22.4. The van der Waals surface area contributed by atoms with Crippen LogP contribution in [-0.4, -0.2) is 23.0 Å². The molecule has 0 bridgehead atoms. The average molecular weight is 349 g/mol. The van der Waals surface area contributed by atoms with Crippen molar-refractivity contribution >= 4 is 39.4 Å². The van der Waals surface area contributed by atoms with Crippen molar-refractivity contribution in [1.29, 1.82) is 0 Å². The molecule has 1 aromatic rings. The van der Waals surface area contributed by atoms with E-state index < -0.39 is 5.97 Å². The van der Waals surface area contributed by atoms with Gasteiger partial charge in [0.05, 0.1) is 5.56 Å². The van der Waals surface area contributed by atoms with Gasteiger partial charge in [-0.3, -0.25) is 9.59 Å². The highest BCUT2D eigenvalue weighted by Gasteiger charge is 2.13. The fraction of sp³-hybridized carbons (Fsp3) is 0.385. The Kier molecular flexibility index (Phi) is 6.31. The van der Waals surface area contributed by atoms with Crippen LogP contribution in [0, 0.1) is 0 Å². The predicted octanol–water partition coefficient (Wildman–Crippen LogP) is 3.48. The second-order valence-corrected chi connectivity index (χ2v) is 5.58. The second-order valence-electron chi connectivity index (χ2n) is 4.28. The number of carboxylic acids is 1. The van der Waals surface area contributed by atoms with Gasteiger partial charge in [-0.2, -0.15) is 0 Å². The van der Waals surface area contributed by atoms with Crippen molar-refractivity contribution in [3.8, 4) is 0 Å². The molecule has 1 aromatic carbocycles. The number of amides is 1. The van der Waals surface area contributed by atoms with Gasteiger partial charge in [0, 0.05) is 22.0 Å². The Morgan fingerprint density at radius 1 is 1.47 bits per heavy atom. The molecular formula is C13H15BrClNO3. The number of nitrogens with one attached hydrogen (secondary N) is 1. The van der Waals surface area contributed by atoms with Crippen LogP contribution < -0.4 is 5.32 Å². The summed E-state index contributed by atoms with van der Waals surface area (Å²) in [5.41, 5.74) is 0.470. The van der Waals surface area contributed by atoms with Gasteiger partial charge >= 0.3 is 5.97 Å². The number of aliphatic carboxylic acids is 1. The number of hydrogen-bond acceptors (Lipinski definition) is 2. The van der Waals surface area contributed by atoms with E-state index >= 15 is 0 Å². The van der Waals surface area contributed by atoms with Crippen molar-refractivity contribution in [2.75, 3.05) is 0 Å². The molecule has 4 nitrogen and oxygen atoms in total. The minimum atomic E-state index is -0.823. The van der Waals surface area contributed by atoms with Gasteiger partial charge in [-0.1, -0.05) is 11.6 Å². The van der Waals surface area contributed by atoms with Gasteiger partial charge in [-0.15, -0.1) is 0 Å². The quantitative estimate of drug-likeness (QED) is 0.827. The molecule has 0 aliphatic rings. The van der Waals surface area contributed by atoms with Crippen LogP contribution in [0.25, 0.3) is 0 Å². The molecule has 0 heterocycles. The van der Waals surface area contributed by atoms with Crippen molar-refractivity contribution in [3.63, 3.8) is 0 Å². The van der Waals surface area contributed by atoms with Crippen LogP contribution in [0.5, 0.6) is 0 Å². The number of carbonyl (C=O) groups excluding carboxylic acids is 1. The number of halogens is 2. The van der Waals surface area contributed by atoms with Crippen LogP contribution in [0.15, 0.2) is 22.7 Å². The maximum Gasteiger partial charge on any atom is 0.303 e. The van der Waals surface area contributed by atoms with Gasteiger partial charge < -0.3 is 10.4 Å². The Morgan fingerprint density at radius 3 is 2.79 bits per heavy atom. The molecule has 0 aromatic heterocycles. The molecule has 1 rings (SSSR count). The lowest BCUT2D eigenvalue weighted by Gasteiger charge is -2.14. The molecule has 0 fully saturated rings. The van der Waals surface area contributed by atoms with Crippen LogP contribution in [0.3, 0.4) is 0 Å². The number of rotatable bonds is 6. The van der Waals surface area contributed by atoms with E-state index in [1.165, 1.54) is 0 Å². The van der Waals surface area contributed by atoms with Crippen LogP contribution >= 0.6 is 27.5 Å². The summed E-state index contributed by atoms with van der Waals surface area (Å²) < 4.78 is 0.673.